The maximum atomic E-state index is 11.7. The molecule has 1 aliphatic heterocycles. The highest BCUT2D eigenvalue weighted by Crippen LogP contribution is 2.18. The summed E-state index contributed by atoms with van der Waals surface area (Å²) in [4.78, 5) is 11.7. The number of carbonyl (C=O) groups is 1. The number of piperidine rings is 1. The molecule has 0 aromatic rings. The highest BCUT2D eigenvalue weighted by molar-refractivity contribution is 5.81. The van der Waals surface area contributed by atoms with Crippen molar-refractivity contribution < 1.29 is 4.79 Å². The molecule has 16 heavy (non-hydrogen) atoms. The zero-order chi connectivity index (χ0) is 11.4. The molecule has 1 amide bonds. The first-order valence-electron chi connectivity index (χ1n) is 6.50. The van der Waals surface area contributed by atoms with E-state index >= 15 is 0 Å². The Hall–Kier alpha value is -0.610. The van der Waals surface area contributed by atoms with Crippen LogP contribution >= 0.6 is 0 Å². The summed E-state index contributed by atoms with van der Waals surface area (Å²) in [5.74, 6) is 0.844. The zero-order valence-electron chi connectivity index (χ0n) is 10.1. The van der Waals surface area contributed by atoms with Gasteiger partial charge in [-0.3, -0.25) is 4.79 Å². The third-order valence-corrected chi connectivity index (χ3v) is 3.43. The fourth-order valence-corrected chi connectivity index (χ4v) is 2.09. The topological polar surface area (TPSA) is 53.2 Å². The van der Waals surface area contributed by atoms with Crippen LogP contribution in [0.15, 0.2) is 0 Å². The third-order valence-electron chi connectivity index (χ3n) is 3.43. The van der Waals surface area contributed by atoms with E-state index in [1.54, 1.807) is 0 Å². The normalized spacial score (nSPS) is 27.4. The van der Waals surface area contributed by atoms with Gasteiger partial charge in [0.2, 0.25) is 5.91 Å². The van der Waals surface area contributed by atoms with Gasteiger partial charge >= 0.3 is 0 Å². The highest BCUT2D eigenvalue weighted by Gasteiger charge is 2.25. The van der Waals surface area contributed by atoms with Crippen molar-refractivity contribution in [2.75, 3.05) is 19.6 Å². The predicted octanol–water partition coefficient (Wildman–Crippen LogP) is 0.243. The van der Waals surface area contributed by atoms with Crippen LogP contribution in [0.2, 0.25) is 0 Å². The van der Waals surface area contributed by atoms with Gasteiger partial charge in [0.05, 0.1) is 6.04 Å². The van der Waals surface area contributed by atoms with Gasteiger partial charge in [-0.05, 0) is 58.2 Å². The molecule has 1 heterocycles. The Morgan fingerprint density at radius 1 is 1.44 bits per heavy atom. The average Bonchev–Trinajstić information content (AvgIpc) is 3.11. The minimum atomic E-state index is -0.0532. The first kappa shape index (κ1) is 11.9. The standard InChI is InChI=1S/C12H23N3O/c1-9(12(16)15-11-4-5-11)14-8-10-3-2-6-13-7-10/h9-11,13-14H,2-8H2,1H3,(H,15,16). The maximum Gasteiger partial charge on any atom is 0.237 e. The van der Waals surface area contributed by atoms with Crippen LogP contribution in [0.1, 0.15) is 32.6 Å². The molecule has 0 aromatic carbocycles. The number of hydrogen-bond donors (Lipinski definition) is 3. The van der Waals surface area contributed by atoms with E-state index in [4.69, 9.17) is 0 Å². The maximum absolute atomic E-state index is 11.7. The van der Waals surface area contributed by atoms with Crippen molar-refractivity contribution in [2.24, 2.45) is 5.92 Å². The van der Waals surface area contributed by atoms with Gasteiger partial charge in [-0.25, -0.2) is 0 Å². The molecule has 2 rings (SSSR count). The molecule has 0 aromatic heterocycles. The summed E-state index contributed by atoms with van der Waals surface area (Å²) in [5, 5.41) is 9.75. The fraction of sp³-hybridized carbons (Fsp3) is 0.917. The lowest BCUT2D eigenvalue weighted by atomic mass is 9.99. The van der Waals surface area contributed by atoms with Crippen LogP contribution in [0, 0.1) is 5.92 Å². The Kier molecular flexibility index (Phi) is 4.18. The van der Waals surface area contributed by atoms with Gasteiger partial charge in [0.25, 0.3) is 0 Å². The van der Waals surface area contributed by atoms with Crippen LogP contribution in [0.4, 0.5) is 0 Å². The fourth-order valence-electron chi connectivity index (χ4n) is 2.09. The van der Waals surface area contributed by atoms with Gasteiger partial charge in [0, 0.05) is 6.04 Å². The smallest absolute Gasteiger partial charge is 0.237 e. The second kappa shape index (κ2) is 5.64. The molecule has 0 spiro atoms. The van der Waals surface area contributed by atoms with E-state index in [1.165, 1.54) is 12.8 Å². The monoisotopic (exact) mass is 225 g/mol. The largest absolute Gasteiger partial charge is 0.352 e. The van der Waals surface area contributed by atoms with Gasteiger partial charge in [0.1, 0.15) is 0 Å². The van der Waals surface area contributed by atoms with Crippen molar-refractivity contribution in [1.82, 2.24) is 16.0 Å². The summed E-state index contributed by atoms with van der Waals surface area (Å²) in [7, 11) is 0. The number of hydrogen-bond acceptors (Lipinski definition) is 3. The summed E-state index contributed by atoms with van der Waals surface area (Å²) >= 11 is 0. The summed E-state index contributed by atoms with van der Waals surface area (Å²) in [6, 6.07) is 0.413. The number of rotatable bonds is 5. The molecule has 1 saturated heterocycles. The zero-order valence-corrected chi connectivity index (χ0v) is 10.1. The van der Waals surface area contributed by atoms with Crippen molar-refractivity contribution in [2.45, 2.75) is 44.7 Å². The average molecular weight is 225 g/mol. The van der Waals surface area contributed by atoms with E-state index in [0.29, 0.717) is 12.0 Å². The molecule has 4 heteroatoms. The lowest BCUT2D eigenvalue weighted by Gasteiger charge is -2.24. The number of amides is 1. The predicted molar refractivity (Wildman–Crippen MR) is 64.2 cm³/mol. The van der Waals surface area contributed by atoms with Crippen molar-refractivity contribution in [3.8, 4) is 0 Å². The first-order chi connectivity index (χ1) is 7.75. The summed E-state index contributed by atoms with van der Waals surface area (Å²) < 4.78 is 0. The van der Waals surface area contributed by atoms with Crippen molar-refractivity contribution >= 4 is 5.91 Å². The van der Waals surface area contributed by atoms with E-state index in [2.05, 4.69) is 16.0 Å². The molecule has 0 bridgehead atoms. The van der Waals surface area contributed by atoms with E-state index in [1.807, 2.05) is 6.92 Å². The molecule has 1 aliphatic carbocycles. The van der Waals surface area contributed by atoms with E-state index < -0.39 is 0 Å². The first-order valence-corrected chi connectivity index (χ1v) is 6.50. The van der Waals surface area contributed by atoms with Crippen molar-refractivity contribution in [3.63, 3.8) is 0 Å². The minimum absolute atomic E-state index is 0.0532. The molecule has 4 nitrogen and oxygen atoms in total. The number of nitrogens with one attached hydrogen (secondary N) is 3. The molecule has 2 atom stereocenters. The van der Waals surface area contributed by atoms with Crippen LogP contribution in [-0.4, -0.2) is 37.6 Å². The molecule has 92 valence electrons. The molecule has 3 N–H and O–H groups in total. The lowest BCUT2D eigenvalue weighted by molar-refractivity contribution is -0.122. The van der Waals surface area contributed by atoms with Crippen molar-refractivity contribution in [3.05, 3.63) is 0 Å². The SMILES string of the molecule is CC(NCC1CCCNC1)C(=O)NC1CC1. The molecule has 2 unspecified atom stereocenters. The van der Waals surface area contributed by atoms with Crippen LogP contribution in [-0.2, 0) is 4.79 Å². The quantitative estimate of drug-likeness (QED) is 0.628. The van der Waals surface area contributed by atoms with Crippen molar-refractivity contribution in [1.29, 1.82) is 0 Å². The van der Waals surface area contributed by atoms with Gasteiger partial charge < -0.3 is 16.0 Å². The molecule has 2 fully saturated rings. The van der Waals surface area contributed by atoms with Gasteiger partial charge in [-0.1, -0.05) is 0 Å². The van der Waals surface area contributed by atoms with Gasteiger partial charge in [-0.15, -0.1) is 0 Å². The number of carbonyl (C=O) groups excluding carboxylic acids is 1. The highest BCUT2D eigenvalue weighted by atomic mass is 16.2. The Morgan fingerprint density at radius 3 is 2.88 bits per heavy atom. The van der Waals surface area contributed by atoms with E-state index in [-0.39, 0.29) is 11.9 Å². The summed E-state index contributed by atoms with van der Waals surface area (Å²) in [6.45, 7) is 5.14. The van der Waals surface area contributed by atoms with E-state index in [9.17, 15) is 4.79 Å². The second-order valence-corrected chi connectivity index (χ2v) is 5.13. The van der Waals surface area contributed by atoms with Crippen LogP contribution < -0.4 is 16.0 Å². The Morgan fingerprint density at radius 2 is 2.25 bits per heavy atom. The van der Waals surface area contributed by atoms with Gasteiger partial charge in [-0.2, -0.15) is 0 Å². The Labute approximate surface area is 97.6 Å². The lowest BCUT2D eigenvalue weighted by Crippen LogP contribution is -2.46. The summed E-state index contributed by atoms with van der Waals surface area (Å²) in [5.41, 5.74) is 0. The molecule has 2 aliphatic rings. The molecule has 0 radical (unpaired) electrons. The summed E-state index contributed by atoms with van der Waals surface area (Å²) in [6.07, 6.45) is 4.85. The molecular formula is C12H23N3O. The molecular weight excluding hydrogens is 202 g/mol. The van der Waals surface area contributed by atoms with E-state index in [0.717, 1.165) is 32.5 Å². The Balaban J connectivity index is 1.61. The van der Waals surface area contributed by atoms with Crippen LogP contribution in [0.5, 0.6) is 0 Å². The Bertz CT molecular complexity index is 234. The van der Waals surface area contributed by atoms with Crippen LogP contribution in [0.25, 0.3) is 0 Å². The third kappa shape index (κ3) is 3.76. The van der Waals surface area contributed by atoms with Crippen LogP contribution in [0.3, 0.4) is 0 Å². The van der Waals surface area contributed by atoms with Gasteiger partial charge in [0.15, 0.2) is 0 Å². The minimum Gasteiger partial charge on any atom is -0.352 e. The molecule has 1 saturated carbocycles. The second-order valence-electron chi connectivity index (χ2n) is 5.13.